The molecule has 380 valence electrons. The highest BCUT2D eigenvalue weighted by molar-refractivity contribution is 7.46. The number of primary amides is 1. The van der Waals surface area contributed by atoms with Gasteiger partial charge in [-0.25, -0.2) is 4.57 Å². The van der Waals surface area contributed by atoms with Crippen molar-refractivity contribution in [3.63, 3.8) is 0 Å². The lowest BCUT2D eigenvalue weighted by Crippen LogP contribution is -2.71. The molecule has 0 aromatic carbocycles. The molecule has 66 heavy (non-hydrogen) atoms. The molecule has 0 aromatic rings. The zero-order chi connectivity index (χ0) is 49.5. The molecule has 18 N–H and O–H groups in total. The van der Waals surface area contributed by atoms with E-state index in [1.54, 1.807) is 0 Å². The molecule has 0 aliphatic carbocycles. The minimum Gasteiger partial charge on any atom is -0.394 e. The fourth-order valence-corrected chi connectivity index (χ4v) is 7.88. The van der Waals surface area contributed by atoms with Crippen LogP contribution < -0.4 is 27.0 Å². The van der Waals surface area contributed by atoms with Gasteiger partial charge in [-0.15, -0.1) is 0 Å². The molecule has 4 rings (SSSR count). The number of nitrogens with two attached hydrogens (primary N) is 1. The Kier molecular flexibility index (Phi) is 20.0. The summed E-state index contributed by atoms with van der Waals surface area (Å²) in [5, 5.41) is 117. The summed E-state index contributed by atoms with van der Waals surface area (Å²) in [6, 6.07) is -4.77. The molecule has 0 radical (unpaired) electrons. The Hall–Kier alpha value is -3.22. The summed E-state index contributed by atoms with van der Waals surface area (Å²) in [5.74, 6) is -4.32. The van der Waals surface area contributed by atoms with Gasteiger partial charge in [0, 0.05) is 20.8 Å². The maximum atomic E-state index is 12.9. The van der Waals surface area contributed by atoms with E-state index in [1.807, 2.05) is 0 Å². The van der Waals surface area contributed by atoms with Crippen LogP contribution in [0.25, 0.3) is 0 Å². The van der Waals surface area contributed by atoms with E-state index in [0.29, 0.717) is 0 Å². The quantitative estimate of drug-likeness (QED) is 0.0534. The van der Waals surface area contributed by atoms with Gasteiger partial charge in [0.15, 0.2) is 25.1 Å². The zero-order valence-corrected chi connectivity index (χ0v) is 36.2. The molecule has 1 unspecified atom stereocenters. The van der Waals surface area contributed by atoms with E-state index in [4.69, 9.17) is 48.7 Å². The Balaban J connectivity index is 1.52. The van der Waals surface area contributed by atoms with Gasteiger partial charge in [-0.1, -0.05) is 0 Å². The number of aliphatic hydroxyl groups excluding tert-OH is 10. The van der Waals surface area contributed by atoms with E-state index in [9.17, 15) is 79.6 Å². The number of aliphatic hydroxyl groups is 10. The van der Waals surface area contributed by atoms with Crippen LogP contribution in [-0.4, -0.2) is 245 Å². The molecule has 4 aliphatic rings. The van der Waals surface area contributed by atoms with E-state index >= 15 is 0 Å². The first-order valence-corrected chi connectivity index (χ1v) is 21.6. The molecule has 0 bridgehead atoms. The van der Waals surface area contributed by atoms with Gasteiger partial charge in [0.25, 0.3) is 0 Å². The number of ether oxygens (including phenoxy) is 7. The maximum absolute atomic E-state index is 12.9. The van der Waals surface area contributed by atoms with E-state index in [-0.39, 0.29) is 0 Å². The molecule has 31 nitrogen and oxygen atoms in total. The minimum atomic E-state index is -5.12. The van der Waals surface area contributed by atoms with Crippen LogP contribution >= 0.6 is 7.82 Å². The highest BCUT2D eigenvalue weighted by atomic mass is 31.2. The standard InChI is InChI=1S/C34H58N5O26P/c1-9(43)36-12(30(35)54)4-17(46)39-31-18(37-10(2)44)21(48)27(13(5-40)59-31)63-32-19(38-11(3)45)22(49)28(14(6-41)60-32)64-34-26(53)24(51)29(15(7-42)61-34)65-33-25(52)23(50)20(47)16(62-33)8-58-66(55,56)57/h12-16,18-29,31-34,40-42,47-53H,4-8H2,1-3H3,(H2,35,54)(H,36,43)(H,37,44)(H,38,45)(H,39,46)(H2,55,56,57)/t12-,13+,14+,15+,16+,18+,19+,20+,21+,22+,23-,24+,25-,26-,27+,28+,29+,31?,32-,33-,34-/m0/s1. The average molecular weight is 984 g/mol. The van der Waals surface area contributed by atoms with Crippen LogP contribution in [0.5, 0.6) is 0 Å². The van der Waals surface area contributed by atoms with Gasteiger partial charge in [0.2, 0.25) is 29.5 Å². The van der Waals surface area contributed by atoms with Crippen molar-refractivity contribution < 1.29 is 127 Å². The van der Waals surface area contributed by atoms with Crippen molar-refractivity contribution in [3.05, 3.63) is 0 Å². The molecule has 32 heteroatoms. The predicted octanol–water partition coefficient (Wildman–Crippen LogP) is -10.8. The molecule has 4 fully saturated rings. The number of phosphoric acid groups is 1. The number of nitrogens with one attached hydrogen (secondary N) is 4. The Morgan fingerprint density at radius 2 is 1.02 bits per heavy atom. The lowest BCUT2D eigenvalue weighted by Gasteiger charge is -2.50. The largest absolute Gasteiger partial charge is 0.469 e. The molecule has 4 heterocycles. The van der Waals surface area contributed by atoms with E-state index in [0.717, 1.165) is 20.8 Å². The van der Waals surface area contributed by atoms with Crippen molar-refractivity contribution in [2.24, 2.45) is 5.73 Å². The first kappa shape index (κ1) is 55.4. The Labute approximate surface area is 373 Å². The summed E-state index contributed by atoms with van der Waals surface area (Å²) in [4.78, 5) is 79.1. The molecule has 0 aromatic heterocycles. The van der Waals surface area contributed by atoms with Crippen molar-refractivity contribution in [1.29, 1.82) is 0 Å². The molecule has 4 aliphatic heterocycles. The van der Waals surface area contributed by atoms with Gasteiger partial charge in [0.1, 0.15) is 104 Å². The van der Waals surface area contributed by atoms with Gasteiger partial charge in [-0.3, -0.25) is 28.5 Å². The Morgan fingerprint density at radius 1 is 0.576 bits per heavy atom. The monoisotopic (exact) mass is 983 g/mol. The van der Waals surface area contributed by atoms with E-state index < -0.39 is 199 Å². The van der Waals surface area contributed by atoms with Gasteiger partial charge >= 0.3 is 7.82 Å². The fraction of sp³-hybridized carbons (Fsp3) is 0.853. The average Bonchev–Trinajstić information content (AvgIpc) is 3.23. The van der Waals surface area contributed by atoms with Gasteiger partial charge in [-0.2, -0.15) is 0 Å². The molecule has 4 saturated heterocycles. The first-order valence-electron chi connectivity index (χ1n) is 20.1. The predicted molar refractivity (Wildman–Crippen MR) is 205 cm³/mol. The van der Waals surface area contributed by atoms with Crippen LogP contribution in [0, 0.1) is 0 Å². The third kappa shape index (κ3) is 14.0. The number of rotatable bonds is 19. The van der Waals surface area contributed by atoms with E-state index in [1.165, 1.54) is 0 Å². The number of phosphoric ester groups is 1. The van der Waals surface area contributed by atoms with Gasteiger partial charge in [-0.05, 0) is 0 Å². The number of hydrogen-bond donors (Lipinski definition) is 17. The van der Waals surface area contributed by atoms with Crippen LogP contribution in [0.4, 0.5) is 0 Å². The smallest absolute Gasteiger partial charge is 0.394 e. The first-order chi connectivity index (χ1) is 30.8. The van der Waals surface area contributed by atoms with Gasteiger partial charge < -0.3 is 121 Å². The lowest BCUT2D eigenvalue weighted by atomic mass is 9.93. The second kappa shape index (κ2) is 23.9. The molecule has 0 spiro atoms. The molecule has 5 amide bonds. The van der Waals surface area contributed by atoms with E-state index in [2.05, 4.69) is 25.8 Å². The third-order valence-electron chi connectivity index (χ3n) is 10.7. The second-order valence-corrected chi connectivity index (χ2v) is 16.9. The van der Waals surface area contributed by atoms with Crippen molar-refractivity contribution in [2.75, 3.05) is 26.4 Å². The SMILES string of the molecule is CC(=O)N[C@H]1[C@H](O[C@H]2[C@H](O)[C@@H](NC(C)=O)C(NC(=O)C[C@H](NC(C)=O)C(N)=O)O[C@@H]2CO)O[C@H](CO)[C@@H](O[C@@H]2O[C@H](CO)[C@@H](O[C@@H]3O[C@H](COP(=O)(O)O)[C@@H](O)[C@H](O)[C@@H]3O)[C@H](O)[C@@H]2O)[C@@H]1O. The van der Waals surface area contributed by atoms with Crippen molar-refractivity contribution >= 4 is 37.4 Å². The molecular weight excluding hydrogens is 925 g/mol. The van der Waals surface area contributed by atoms with Crippen molar-refractivity contribution in [1.82, 2.24) is 21.3 Å². The molecule has 0 saturated carbocycles. The lowest BCUT2D eigenvalue weighted by molar-refractivity contribution is -0.377. The topological polar surface area (TPSA) is 493 Å². The fourth-order valence-electron chi connectivity index (χ4n) is 7.53. The highest BCUT2D eigenvalue weighted by Crippen LogP contribution is 2.38. The van der Waals surface area contributed by atoms with Crippen LogP contribution in [0.2, 0.25) is 0 Å². The summed E-state index contributed by atoms with van der Waals surface area (Å²) in [5.41, 5.74) is 5.27. The summed E-state index contributed by atoms with van der Waals surface area (Å²) in [6.45, 7) is -0.912. The van der Waals surface area contributed by atoms with Crippen molar-refractivity contribution in [2.45, 2.75) is 156 Å². The molecule has 21 atom stereocenters. The number of hydrogen-bond acceptors (Lipinski definition) is 24. The normalized spacial score (nSPS) is 40.1. The number of amides is 5. The number of carbonyl (C=O) groups is 5. The third-order valence-corrected chi connectivity index (χ3v) is 11.2. The van der Waals surface area contributed by atoms with Crippen LogP contribution in [0.1, 0.15) is 27.2 Å². The zero-order valence-electron chi connectivity index (χ0n) is 35.3. The minimum absolute atomic E-state index is 0.692. The summed E-state index contributed by atoms with van der Waals surface area (Å²) >= 11 is 0. The highest BCUT2D eigenvalue weighted by Gasteiger charge is 2.56. The van der Waals surface area contributed by atoms with Crippen LogP contribution in [-0.2, 0) is 66.2 Å². The Bertz CT molecular complexity index is 1720. The second-order valence-electron chi connectivity index (χ2n) is 15.7. The Morgan fingerprint density at radius 3 is 1.50 bits per heavy atom. The molecular formula is C34H58N5O26P. The van der Waals surface area contributed by atoms with Crippen LogP contribution in [0.15, 0.2) is 0 Å². The van der Waals surface area contributed by atoms with Crippen LogP contribution in [0.3, 0.4) is 0 Å². The summed E-state index contributed by atoms with van der Waals surface area (Å²) in [7, 11) is -5.12. The summed E-state index contributed by atoms with van der Waals surface area (Å²) in [6.07, 6.45) is -34.8. The van der Waals surface area contributed by atoms with Crippen molar-refractivity contribution in [3.8, 4) is 0 Å². The van der Waals surface area contributed by atoms with Gasteiger partial charge in [0.05, 0.1) is 32.8 Å². The maximum Gasteiger partial charge on any atom is 0.469 e. The summed E-state index contributed by atoms with van der Waals surface area (Å²) < 4.78 is 55.4. The number of carbonyl (C=O) groups excluding carboxylic acids is 5.